The Morgan fingerprint density at radius 2 is 2.17 bits per heavy atom. The highest BCUT2D eigenvalue weighted by molar-refractivity contribution is 7.14. The summed E-state index contributed by atoms with van der Waals surface area (Å²) in [7, 11) is 0. The van der Waals surface area contributed by atoms with E-state index in [0.717, 1.165) is 25.1 Å². The molecule has 6 nitrogen and oxygen atoms in total. The lowest BCUT2D eigenvalue weighted by Crippen LogP contribution is -2.22. The number of aromatic nitrogens is 2. The highest BCUT2D eigenvalue weighted by Gasteiger charge is 2.28. The average molecular weight is 420 g/mol. The molecule has 1 aliphatic rings. The van der Waals surface area contributed by atoms with Gasteiger partial charge in [0, 0.05) is 36.8 Å². The minimum atomic E-state index is -0.170. The minimum absolute atomic E-state index is 0.170. The van der Waals surface area contributed by atoms with Gasteiger partial charge in [-0.3, -0.25) is 10.1 Å². The lowest BCUT2D eigenvalue weighted by atomic mass is 10.1. The number of benzene rings is 1. The van der Waals surface area contributed by atoms with Gasteiger partial charge in [0.15, 0.2) is 5.13 Å². The van der Waals surface area contributed by atoms with Crippen LogP contribution in [0, 0.1) is 17.2 Å². The van der Waals surface area contributed by atoms with Crippen molar-refractivity contribution in [2.45, 2.75) is 38.8 Å². The first-order valence-corrected chi connectivity index (χ1v) is 11.1. The largest absolute Gasteiger partial charge is 0.363 e. The highest BCUT2D eigenvalue weighted by atomic mass is 32.1. The fourth-order valence-electron chi connectivity index (χ4n) is 4.00. The van der Waals surface area contributed by atoms with Crippen LogP contribution in [0.2, 0.25) is 0 Å². The standard InChI is InChI=1S/C23H25N5OS/c1-17(11-12-24)15-27-13-5-10-21(27)22(29)26-23-25-19(16-30-23)20-9-6-14-28(20)18-7-3-2-4-8-18/h2-5,7-8,10,13,16-17,20H,6,9,11,14-15H2,1H3,(H,25,26,29)/t17-,20+/m0/s1. The number of nitrogens with zero attached hydrogens (tertiary/aromatic N) is 4. The number of nitriles is 1. The van der Waals surface area contributed by atoms with Gasteiger partial charge in [0.1, 0.15) is 5.69 Å². The summed E-state index contributed by atoms with van der Waals surface area (Å²) in [6.45, 7) is 3.67. The highest BCUT2D eigenvalue weighted by Crippen LogP contribution is 2.37. The van der Waals surface area contributed by atoms with Crippen LogP contribution in [0.25, 0.3) is 0 Å². The predicted octanol–water partition coefficient (Wildman–Crippen LogP) is 5.09. The van der Waals surface area contributed by atoms with Crippen molar-refractivity contribution in [2.24, 2.45) is 5.92 Å². The monoisotopic (exact) mass is 419 g/mol. The van der Waals surface area contributed by atoms with Crippen LogP contribution in [-0.4, -0.2) is 22.0 Å². The second-order valence-corrected chi connectivity index (χ2v) is 8.59. The van der Waals surface area contributed by atoms with Gasteiger partial charge in [0.2, 0.25) is 0 Å². The number of hydrogen-bond donors (Lipinski definition) is 1. The summed E-state index contributed by atoms with van der Waals surface area (Å²) < 4.78 is 1.90. The van der Waals surface area contributed by atoms with Gasteiger partial charge in [-0.2, -0.15) is 5.26 Å². The minimum Gasteiger partial charge on any atom is -0.363 e. The van der Waals surface area contributed by atoms with Crippen LogP contribution < -0.4 is 10.2 Å². The van der Waals surface area contributed by atoms with Crippen molar-refractivity contribution in [2.75, 3.05) is 16.8 Å². The molecule has 4 rings (SSSR count). The second kappa shape index (κ2) is 9.14. The molecule has 3 aromatic rings. The zero-order valence-electron chi connectivity index (χ0n) is 17.0. The molecule has 1 N–H and O–H groups in total. The van der Waals surface area contributed by atoms with Gasteiger partial charge in [-0.1, -0.05) is 25.1 Å². The number of amides is 1. The predicted molar refractivity (Wildman–Crippen MR) is 120 cm³/mol. The van der Waals surface area contributed by atoms with Crippen molar-refractivity contribution in [3.05, 3.63) is 65.4 Å². The van der Waals surface area contributed by atoms with Gasteiger partial charge in [-0.25, -0.2) is 4.98 Å². The van der Waals surface area contributed by atoms with Gasteiger partial charge in [-0.15, -0.1) is 11.3 Å². The normalized spacial score (nSPS) is 16.9. The second-order valence-electron chi connectivity index (χ2n) is 7.73. The lowest BCUT2D eigenvalue weighted by Gasteiger charge is -2.25. The Kier molecular flexibility index (Phi) is 6.15. The summed E-state index contributed by atoms with van der Waals surface area (Å²) in [5, 5.41) is 14.5. The molecule has 1 amide bonds. The number of anilines is 2. The number of nitrogens with one attached hydrogen (secondary N) is 1. The summed E-state index contributed by atoms with van der Waals surface area (Å²) in [5.74, 6) is 0.0168. The molecule has 0 aliphatic carbocycles. The van der Waals surface area contributed by atoms with Crippen LogP contribution in [0.15, 0.2) is 54.0 Å². The Labute approximate surface area is 180 Å². The zero-order valence-corrected chi connectivity index (χ0v) is 17.8. The average Bonchev–Trinajstić information content (AvgIpc) is 3.49. The molecule has 154 valence electrons. The van der Waals surface area contributed by atoms with Gasteiger partial charge in [-0.05, 0) is 43.0 Å². The Bertz CT molecular complexity index is 1040. The van der Waals surface area contributed by atoms with E-state index in [9.17, 15) is 4.79 Å². The quantitative estimate of drug-likeness (QED) is 0.579. The SMILES string of the molecule is C[C@@H](CC#N)Cn1cccc1C(=O)Nc1nc([C@H]2CCCN2c2ccccc2)cs1. The zero-order chi connectivity index (χ0) is 20.9. The molecule has 0 unspecified atom stereocenters. The van der Waals surface area contributed by atoms with E-state index in [1.54, 1.807) is 6.07 Å². The fraction of sp³-hybridized carbons (Fsp3) is 0.348. The Hall–Kier alpha value is -3.11. The topological polar surface area (TPSA) is 74.0 Å². The van der Waals surface area contributed by atoms with E-state index in [1.807, 2.05) is 29.8 Å². The number of carbonyl (C=O) groups excluding carboxylic acids is 1. The van der Waals surface area contributed by atoms with E-state index in [0.29, 0.717) is 23.8 Å². The van der Waals surface area contributed by atoms with Crippen LogP contribution >= 0.6 is 11.3 Å². The maximum Gasteiger partial charge on any atom is 0.274 e. The van der Waals surface area contributed by atoms with E-state index in [4.69, 9.17) is 10.2 Å². The molecule has 30 heavy (non-hydrogen) atoms. The van der Waals surface area contributed by atoms with Crippen molar-refractivity contribution in [3.63, 3.8) is 0 Å². The van der Waals surface area contributed by atoms with Gasteiger partial charge in [0.05, 0.1) is 17.8 Å². The van der Waals surface area contributed by atoms with Gasteiger partial charge in [0.25, 0.3) is 5.91 Å². The molecule has 2 atom stereocenters. The number of carbonyl (C=O) groups is 1. The third-order valence-corrected chi connectivity index (χ3v) is 6.21. The molecule has 0 radical (unpaired) electrons. The molecule has 0 spiro atoms. The summed E-state index contributed by atoms with van der Waals surface area (Å²) in [4.78, 5) is 19.9. The maximum atomic E-state index is 12.8. The van der Waals surface area contributed by atoms with Crippen LogP contribution in [0.1, 0.15) is 48.4 Å². The van der Waals surface area contributed by atoms with Crippen LogP contribution in [0.4, 0.5) is 10.8 Å². The summed E-state index contributed by atoms with van der Waals surface area (Å²) in [6.07, 6.45) is 4.54. The van der Waals surface area contributed by atoms with E-state index in [1.165, 1.54) is 17.0 Å². The maximum absolute atomic E-state index is 12.8. The lowest BCUT2D eigenvalue weighted by molar-refractivity contribution is 0.101. The number of hydrogen-bond acceptors (Lipinski definition) is 5. The van der Waals surface area contributed by atoms with E-state index < -0.39 is 0 Å². The molecule has 3 heterocycles. The molecular weight excluding hydrogens is 394 g/mol. The summed E-state index contributed by atoms with van der Waals surface area (Å²) in [5.41, 5.74) is 2.81. The van der Waals surface area contributed by atoms with Gasteiger partial charge < -0.3 is 9.47 Å². The third-order valence-electron chi connectivity index (χ3n) is 5.43. The smallest absolute Gasteiger partial charge is 0.274 e. The van der Waals surface area contributed by atoms with Crippen LogP contribution in [-0.2, 0) is 6.54 Å². The first kappa shape index (κ1) is 20.2. The first-order chi connectivity index (χ1) is 14.7. The molecule has 1 aliphatic heterocycles. The molecular formula is C23H25N5OS. The Morgan fingerprint density at radius 3 is 2.97 bits per heavy atom. The molecule has 7 heteroatoms. The molecule has 2 aromatic heterocycles. The Morgan fingerprint density at radius 1 is 1.33 bits per heavy atom. The van der Waals surface area contributed by atoms with Crippen molar-refractivity contribution in [1.29, 1.82) is 5.26 Å². The number of rotatable bonds is 7. The van der Waals surface area contributed by atoms with Gasteiger partial charge >= 0.3 is 0 Å². The van der Waals surface area contributed by atoms with E-state index in [-0.39, 0.29) is 17.9 Å². The molecule has 1 aromatic carbocycles. The van der Waals surface area contributed by atoms with E-state index in [2.05, 4.69) is 45.9 Å². The molecule has 1 saturated heterocycles. The fourth-order valence-corrected chi connectivity index (χ4v) is 4.75. The summed E-state index contributed by atoms with van der Waals surface area (Å²) >= 11 is 1.47. The van der Waals surface area contributed by atoms with Crippen molar-refractivity contribution in [3.8, 4) is 6.07 Å². The van der Waals surface area contributed by atoms with Crippen molar-refractivity contribution in [1.82, 2.24) is 9.55 Å². The van der Waals surface area contributed by atoms with Crippen molar-refractivity contribution < 1.29 is 4.79 Å². The summed E-state index contributed by atoms with van der Waals surface area (Å²) in [6, 6.07) is 16.5. The number of para-hydroxylation sites is 1. The molecule has 1 fully saturated rings. The van der Waals surface area contributed by atoms with Crippen LogP contribution in [0.5, 0.6) is 0 Å². The van der Waals surface area contributed by atoms with Crippen LogP contribution in [0.3, 0.4) is 0 Å². The molecule has 0 saturated carbocycles. The molecule has 0 bridgehead atoms. The number of thiazole rings is 1. The van der Waals surface area contributed by atoms with Crippen molar-refractivity contribution >= 4 is 28.1 Å². The third kappa shape index (κ3) is 4.39. The first-order valence-electron chi connectivity index (χ1n) is 10.3. The van der Waals surface area contributed by atoms with E-state index >= 15 is 0 Å². The Balaban J connectivity index is 1.45.